The molecule has 0 aliphatic rings. The SMILES string of the molecule is CCNC(=NCC(c1cccc(OC)c1)N(C)C)NCC(O)c1ccc(Cl)s1. The molecular weight excluding hydrogens is 396 g/mol. The van der Waals surface area contributed by atoms with Gasteiger partial charge in [0.25, 0.3) is 0 Å². The number of hydrogen-bond acceptors (Lipinski definition) is 5. The van der Waals surface area contributed by atoms with Gasteiger partial charge in [0, 0.05) is 18.0 Å². The standard InChI is InChI=1S/C20H29ClN4O2S/c1-5-22-20(24-13-17(26)18-9-10-19(21)28-18)23-12-16(25(2)3)14-7-6-8-15(11-14)27-4/h6-11,16-17,26H,5,12-13H2,1-4H3,(H2,22,23,24). The zero-order valence-corrected chi connectivity index (χ0v) is 18.3. The number of hydrogen-bond donors (Lipinski definition) is 3. The Morgan fingerprint density at radius 3 is 2.68 bits per heavy atom. The summed E-state index contributed by atoms with van der Waals surface area (Å²) in [5.74, 6) is 1.50. The lowest BCUT2D eigenvalue weighted by atomic mass is 10.1. The first-order chi connectivity index (χ1) is 13.4. The first-order valence-corrected chi connectivity index (χ1v) is 10.4. The van der Waals surface area contributed by atoms with E-state index in [4.69, 9.17) is 21.3 Å². The van der Waals surface area contributed by atoms with E-state index in [1.807, 2.05) is 45.3 Å². The van der Waals surface area contributed by atoms with E-state index in [0.29, 0.717) is 23.4 Å². The molecule has 0 fully saturated rings. The third-order valence-electron chi connectivity index (χ3n) is 4.25. The number of nitrogens with one attached hydrogen (secondary N) is 2. The molecule has 1 heterocycles. The minimum absolute atomic E-state index is 0.103. The summed E-state index contributed by atoms with van der Waals surface area (Å²) in [7, 11) is 5.73. The van der Waals surface area contributed by atoms with Crippen molar-refractivity contribution in [3.63, 3.8) is 0 Å². The van der Waals surface area contributed by atoms with Gasteiger partial charge in [0.05, 0.1) is 24.0 Å². The van der Waals surface area contributed by atoms with Crippen molar-refractivity contribution < 1.29 is 9.84 Å². The number of aliphatic hydroxyl groups excluding tert-OH is 1. The summed E-state index contributed by atoms with van der Waals surface area (Å²) in [6.45, 7) is 3.67. The Balaban J connectivity index is 2.05. The fourth-order valence-electron chi connectivity index (χ4n) is 2.74. The number of aliphatic hydroxyl groups is 1. The second kappa shape index (κ2) is 11.3. The van der Waals surface area contributed by atoms with Crippen molar-refractivity contribution in [3.8, 4) is 5.75 Å². The van der Waals surface area contributed by atoms with Crippen molar-refractivity contribution in [1.82, 2.24) is 15.5 Å². The number of guanidine groups is 1. The van der Waals surface area contributed by atoms with Crippen molar-refractivity contribution in [2.75, 3.05) is 40.8 Å². The van der Waals surface area contributed by atoms with Gasteiger partial charge in [0.15, 0.2) is 5.96 Å². The van der Waals surface area contributed by atoms with Crippen LogP contribution in [0.25, 0.3) is 0 Å². The van der Waals surface area contributed by atoms with Crippen LogP contribution in [-0.2, 0) is 0 Å². The van der Waals surface area contributed by atoms with E-state index in [-0.39, 0.29) is 6.04 Å². The number of rotatable bonds is 9. The number of aliphatic imine (C=N–C) groups is 1. The molecule has 0 aliphatic carbocycles. The number of methoxy groups -OCH3 is 1. The van der Waals surface area contributed by atoms with E-state index in [1.54, 1.807) is 13.2 Å². The zero-order valence-electron chi connectivity index (χ0n) is 16.8. The van der Waals surface area contributed by atoms with Crippen LogP contribution in [0, 0.1) is 0 Å². The number of thiophene rings is 1. The van der Waals surface area contributed by atoms with Crippen LogP contribution in [0.4, 0.5) is 0 Å². The monoisotopic (exact) mass is 424 g/mol. The van der Waals surface area contributed by atoms with Crippen molar-refractivity contribution in [2.24, 2.45) is 4.99 Å². The molecule has 28 heavy (non-hydrogen) atoms. The van der Waals surface area contributed by atoms with Gasteiger partial charge in [-0.2, -0.15) is 0 Å². The largest absolute Gasteiger partial charge is 0.497 e. The lowest BCUT2D eigenvalue weighted by Gasteiger charge is -2.24. The summed E-state index contributed by atoms with van der Waals surface area (Å²) < 4.78 is 6.01. The minimum atomic E-state index is -0.635. The van der Waals surface area contributed by atoms with Gasteiger partial charge in [-0.1, -0.05) is 23.7 Å². The predicted octanol–water partition coefficient (Wildman–Crippen LogP) is 3.30. The average molecular weight is 425 g/mol. The highest BCUT2D eigenvalue weighted by atomic mass is 35.5. The van der Waals surface area contributed by atoms with Gasteiger partial charge in [-0.25, -0.2) is 0 Å². The summed E-state index contributed by atoms with van der Waals surface area (Å²) in [5.41, 5.74) is 1.14. The maximum Gasteiger partial charge on any atom is 0.191 e. The first-order valence-electron chi connectivity index (χ1n) is 9.20. The van der Waals surface area contributed by atoms with Crippen LogP contribution >= 0.6 is 22.9 Å². The highest BCUT2D eigenvalue weighted by Gasteiger charge is 2.16. The number of nitrogens with zero attached hydrogens (tertiary/aromatic N) is 2. The third-order valence-corrected chi connectivity index (χ3v) is 5.59. The van der Waals surface area contributed by atoms with Gasteiger partial charge in [0.1, 0.15) is 11.9 Å². The molecule has 8 heteroatoms. The second-order valence-corrected chi connectivity index (χ2v) is 8.26. The quantitative estimate of drug-likeness (QED) is 0.425. The molecule has 0 radical (unpaired) electrons. The van der Waals surface area contributed by atoms with Gasteiger partial charge in [0.2, 0.25) is 0 Å². The van der Waals surface area contributed by atoms with E-state index in [1.165, 1.54) is 11.3 Å². The average Bonchev–Trinajstić information content (AvgIpc) is 3.12. The molecule has 0 saturated carbocycles. The summed E-state index contributed by atoms with van der Waals surface area (Å²) in [4.78, 5) is 7.67. The molecule has 0 spiro atoms. The second-order valence-electron chi connectivity index (χ2n) is 6.51. The molecule has 1 aromatic heterocycles. The topological polar surface area (TPSA) is 69.1 Å². The predicted molar refractivity (Wildman–Crippen MR) is 118 cm³/mol. The van der Waals surface area contributed by atoms with E-state index in [2.05, 4.69) is 21.6 Å². The molecule has 0 bridgehead atoms. The Labute approximate surface area is 176 Å². The Morgan fingerprint density at radius 2 is 2.07 bits per heavy atom. The Bertz CT molecular complexity index is 766. The number of likely N-dealkylation sites (N-methyl/N-ethyl adjacent to an activating group) is 1. The van der Waals surface area contributed by atoms with Crippen molar-refractivity contribution in [2.45, 2.75) is 19.1 Å². The van der Waals surface area contributed by atoms with Crippen LogP contribution in [0.2, 0.25) is 4.34 Å². The van der Waals surface area contributed by atoms with Crippen LogP contribution in [0.15, 0.2) is 41.4 Å². The highest BCUT2D eigenvalue weighted by molar-refractivity contribution is 7.16. The zero-order chi connectivity index (χ0) is 20.5. The van der Waals surface area contributed by atoms with Gasteiger partial charge in [-0.3, -0.25) is 4.99 Å². The molecule has 2 unspecified atom stereocenters. The molecule has 2 aromatic rings. The highest BCUT2D eigenvalue weighted by Crippen LogP contribution is 2.26. The van der Waals surface area contributed by atoms with Crippen molar-refractivity contribution in [1.29, 1.82) is 0 Å². The van der Waals surface area contributed by atoms with E-state index in [0.717, 1.165) is 22.7 Å². The van der Waals surface area contributed by atoms with E-state index in [9.17, 15) is 5.11 Å². The molecule has 1 aromatic carbocycles. The third kappa shape index (κ3) is 6.67. The number of benzene rings is 1. The van der Waals surface area contributed by atoms with Crippen molar-refractivity contribution >= 4 is 28.9 Å². The molecule has 2 rings (SSSR count). The molecule has 3 N–H and O–H groups in total. The van der Waals surface area contributed by atoms with E-state index >= 15 is 0 Å². The van der Waals surface area contributed by atoms with Crippen molar-refractivity contribution in [3.05, 3.63) is 51.2 Å². The van der Waals surface area contributed by atoms with Crippen LogP contribution in [0.3, 0.4) is 0 Å². The maximum atomic E-state index is 10.3. The van der Waals surface area contributed by atoms with Crippen LogP contribution in [0.1, 0.15) is 29.5 Å². The van der Waals surface area contributed by atoms with Crippen LogP contribution in [-0.4, -0.2) is 56.8 Å². The molecular formula is C20H29ClN4O2S. The molecule has 0 saturated heterocycles. The summed E-state index contributed by atoms with van der Waals surface area (Å²) in [6, 6.07) is 11.8. The van der Waals surface area contributed by atoms with Gasteiger partial charge >= 0.3 is 0 Å². The smallest absolute Gasteiger partial charge is 0.191 e. The Hall–Kier alpha value is -1.80. The molecule has 6 nitrogen and oxygen atoms in total. The Morgan fingerprint density at radius 1 is 1.29 bits per heavy atom. The number of halogens is 1. The van der Waals surface area contributed by atoms with Gasteiger partial charge in [-0.15, -0.1) is 11.3 Å². The number of ether oxygens (including phenoxy) is 1. The lowest BCUT2D eigenvalue weighted by Crippen LogP contribution is -2.40. The summed E-state index contributed by atoms with van der Waals surface area (Å²) in [6.07, 6.45) is -0.635. The molecule has 0 aliphatic heterocycles. The first kappa shape index (κ1) is 22.5. The van der Waals surface area contributed by atoms with Crippen LogP contribution in [0.5, 0.6) is 5.75 Å². The van der Waals surface area contributed by atoms with Gasteiger partial charge in [-0.05, 0) is 50.8 Å². The fourth-order valence-corrected chi connectivity index (χ4v) is 3.78. The molecule has 154 valence electrons. The normalized spacial score (nSPS) is 14.0. The lowest BCUT2D eigenvalue weighted by molar-refractivity contribution is 0.184. The fraction of sp³-hybridized carbons (Fsp3) is 0.450. The van der Waals surface area contributed by atoms with E-state index < -0.39 is 6.10 Å². The maximum absolute atomic E-state index is 10.3. The minimum Gasteiger partial charge on any atom is -0.497 e. The Kier molecular flexibility index (Phi) is 9.05. The van der Waals surface area contributed by atoms with Gasteiger partial charge < -0.3 is 25.4 Å². The molecule has 0 amide bonds. The molecule has 2 atom stereocenters. The summed E-state index contributed by atoms with van der Waals surface area (Å²) in [5, 5.41) is 16.8. The summed E-state index contributed by atoms with van der Waals surface area (Å²) >= 11 is 7.33. The van der Waals surface area contributed by atoms with Crippen LogP contribution < -0.4 is 15.4 Å².